The van der Waals surface area contributed by atoms with Gasteiger partial charge in [0.25, 0.3) is 0 Å². The molecule has 0 fully saturated rings. The highest BCUT2D eigenvalue weighted by Crippen LogP contribution is 2.36. The maximum Gasteiger partial charge on any atom is 0.341 e. The number of rotatable bonds is 10. The van der Waals surface area contributed by atoms with Crippen molar-refractivity contribution in [1.29, 1.82) is 0 Å². The maximum atomic E-state index is 12.8. The van der Waals surface area contributed by atoms with Gasteiger partial charge < -0.3 is 15.4 Å². The first-order chi connectivity index (χ1) is 18.8. The van der Waals surface area contributed by atoms with Gasteiger partial charge in [-0.05, 0) is 55.3 Å². The van der Waals surface area contributed by atoms with Crippen LogP contribution < -0.4 is 10.6 Å². The van der Waals surface area contributed by atoms with Crippen molar-refractivity contribution in [3.8, 4) is 11.1 Å². The van der Waals surface area contributed by atoms with E-state index in [1.807, 2.05) is 66.9 Å². The fourth-order valence-corrected chi connectivity index (χ4v) is 5.62. The molecule has 0 atom stereocenters. The minimum atomic E-state index is -0.473. The average Bonchev–Trinajstić information content (AvgIpc) is 3.33. The lowest BCUT2D eigenvalue weighted by Gasteiger charge is -2.10. The fraction of sp³-hybridized carbons (Fsp3) is 0.167. The predicted octanol–water partition coefficient (Wildman–Crippen LogP) is 7.47. The zero-order valence-corrected chi connectivity index (χ0v) is 23.8. The lowest BCUT2D eigenvalue weighted by molar-refractivity contribution is -0.115. The first kappa shape index (κ1) is 28.4. The van der Waals surface area contributed by atoms with Crippen LogP contribution in [0.5, 0.6) is 0 Å². The van der Waals surface area contributed by atoms with Gasteiger partial charge in [-0.2, -0.15) is 0 Å². The van der Waals surface area contributed by atoms with Gasteiger partial charge in [0.2, 0.25) is 11.8 Å². The smallest absolute Gasteiger partial charge is 0.341 e. The normalized spacial score (nSPS) is 10.6. The molecule has 0 saturated heterocycles. The van der Waals surface area contributed by atoms with Crippen molar-refractivity contribution in [1.82, 2.24) is 0 Å². The third kappa shape index (κ3) is 7.95. The van der Waals surface area contributed by atoms with Crippen LogP contribution in [0.2, 0.25) is 5.02 Å². The predicted molar refractivity (Wildman–Crippen MR) is 160 cm³/mol. The molecule has 1 aromatic heterocycles. The number of anilines is 2. The Morgan fingerprint density at radius 3 is 2.41 bits per heavy atom. The van der Waals surface area contributed by atoms with Crippen molar-refractivity contribution < 1.29 is 19.1 Å². The molecule has 4 aromatic rings. The second kappa shape index (κ2) is 13.5. The van der Waals surface area contributed by atoms with Crippen LogP contribution in [-0.4, -0.2) is 30.1 Å². The van der Waals surface area contributed by atoms with Gasteiger partial charge in [0.05, 0.1) is 18.8 Å². The standard InChI is InChI=1S/C30H27ClN2O4S2/c1-3-37-30(36)28-25(21-11-7-19(2)8-12-21)17-39-29(28)33-27(35)18-38-24-6-4-5-23(16-24)32-26(34)15-20-9-13-22(31)14-10-20/h4-14,16-17H,3,15,18H2,1-2H3,(H,32,34)(H,33,35). The van der Waals surface area contributed by atoms with Gasteiger partial charge in [0, 0.05) is 26.5 Å². The number of halogens is 1. The summed E-state index contributed by atoms with van der Waals surface area (Å²) in [5.74, 6) is -0.743. The van der Waals surface area contributed by atoms with E-state index < -0.39 is 5.97 Å². The Balaban J connectivity index is 1.39. The van der Waals surface area contributed by atoms with Crippen LogP contribution in [0.1, 0.15) is 28.4 Å². The number of aryl methyl sites for hydroxylation is 1. The van der Waals surface area contributed by atoms with Crippen LogP contribution in [0.25, 0.3) is 11.1 Å². The van der Waals surface area contributed by atoms with E-state index in [-0.39, 0.29) is 30.6 Å². The highest BCUT2D eigenvalue weighted by Gasteiger charge is 2.23. The summed E-state index contributed by atoms with van der Waals surface area (Å²) in [6.07, 6.45) is 0.227. The summed E-state index contributed by atoms with van der Waals surface area (Å²) in [5.41, 5.74) is 4.58. The Kier molecular flexibility index (Phi) is 9.81. The van der Waals surface area contributed by atoms with Crippen LogP contribution >= 0.6 is 34.7 Å². The number of hydrogen-bond donors (Lipinski definition) is 2. The monoisotopic (exact) mass is 578 g/mol. The van der Waals surface area contributed by atoms with Gasteiger partial charge in [-0.25, -0.2) is 4.79 Å². The Hall–Kier alpha value is -3.59. The third-order valence-electron chi connectivity index (χ3n) is 5.65. The second-order valence-electron chi connectivity index (χ2n) is 8.66. The first-order valence-electron chi connectivity index (χ1n) is 12.2. The third-order valence-corrected chi connectivity index (χ3v) is 7.79. The largest absolute Gasteiger partial charge is 0.462 e. The molecular formula is C30H27ClN2O4S2. The average molecular weight is 579 g/mol. The minimum absolute atomic E-state index is 0.127. The Bertz CT molecular complexity index is 1470. The van der Waals surface area contributed by atoms with Gasteiger partial charge in [0.1, 0.15) is 10.6 Å². The first-order valence-corrected chi connectivity index (χ1v) is 14.5. The van der Waals surface area contributed by atoms with Crippen molar-refractivity contribution >= 4 is 63.2 Å². The van der Waals surface area contributed by atoms with Crippen molar-refractivity contribution in [3.63, 3.8) is 0 Å². The number of amides is 2. The van der Waals surface area contributed by atoms with Crippen LogP contribution in [0.3, 0.4) is 0 Å². The number of esters is 1. The number of carbonyl (C=O) groups is 3. The molecule has 39 heavy (non-hydrogen) atoms. The molecule has 1 heterocycles. The molecule has 0 aliphatic rings. The molecule has 0 saturated carbocycles. The fourth-order valence-electron chi connectivity index (χ4n) is 3.77. The zero-order chi connectivity index (χ0) is 27.8. The molecule has 200 valence electrons. The Morgan fingerprint density at radius 1 is 0.949 bits per heavy atom. The molecule has 0 aliphatic heterocycles. The molecular weight excluding hydrogens is 552 g/mol. The van der Waals surface area contributed by atoms with E-state index in [2.05, 4.69) is 10.6 Å². The summed E-state index contributed by atoms with van der Waals surface area (Å²) in [6, 6.07) is 22.3. The van der Waals surface area contributed by atoms with Crippen LogP contribution in [0.4, 0.5) is 10.7 Å². The van der Waals surface area contributed by atoms with E-state index in [9.17, 15) is 14.4 Å². The molecule has 0 radical (unpaired) electrons. The van der Waals surface area contributed by atoms with Gasteiger partial charge in [0.15, 0.2) is 0 Å². The van der Waals surface area contributed by atoms with Crippen molar-refractivity contribution in [2.24, 2.45) is 0 Å². The van der Waals surface area contributed by atoms with Crippen molar-refractivity contribution in [3.05, 3.63) is 99.9 Å². The summed E-state index contributed by atoms with van der Waals surface area (Å²) < 4.78 is 5.28. The molecule has 0 aliphatic carbocycles. The number of benzene rings is 3. The van der Waals surface area contributed by atoms with Crippen LogP contribution in [0.15, 0.2) is 83.1 Å². The van der Waals surface area contributed by atoms with Gasteiger partial charge in [-0.15, -0.1) is 23.1 Å². The van der Waals surface area contributed by atoms with Crippen molar-refractivity contribution in [2.75, 3.05) is 23.0 Å². The topological polar surface area (TPSA) is 84.5 Å². The molecule has 0 bridgehead atoms. The molecule has 6 nitrogen and oxygen atoms in total. The van der Waals surface area contributed by atoms with E-state index in [1.165, 1.54) is 23.1 Å². The van der Waals surface area contributed by atoms with Crippen LogP contribution in [-0.2, 0) is 20.7 Å². The summed E-state index contributed by atoms with van der Waals surface area (Å²) in [5, 5.41) is 8.70. The number of hydrogen-bond acceptors (Lipinski definition) is 6. The molecule has 0 spiro atoms. The van der Waals surface area contributed by atoms with Gasteiger partial charge in [-0.1, -0.05) is 59.6 Å². The number of thiophene rings is 1. The van der Waals surface area contributed by atoms with Crippen molar-refractivity contribution in [2.45, 2.75) is 25.2 Å². The Labute approximate surface area is 240 Å². The molecule has 0 unspecified atom stereocenters. The number of ether oxygens (including phenoxy) is 1. The van der Waals surface area contributed by atoms with E-state index in [0.717, 1.165) is 27.1 Å². The lowest BCUT2D eigenvalue weighted by atomic mass is 10.0. The van der Waals surface area contributed by atoms with E-state index in [0.29, 0.717) is 21.3 Å². The minimum Gasteiger partial charge on any atom is -0.462 e. The highest BCUT2D eigenvalue weighted by atomic mass is 35.5. The summed E-state index contributed by atoms with van der Waals surface area (Å²) in [7, 11) is 0. The lowest BCUT2D eigenvalue weighted by Crippen LogP contribution is -2.16. The highest BCUT2D eigenvalue weighted by molar-refractivity contribution is 8.00. The number of nitrogens with one attached hydrogen (secondary N) is 2. The zero-order valence-electron chi connectivity index (χ0n) is 21.5. The molecule has 4 rings (SSSR count). The SMILES string of the molecule is CCOC(=O)c1c(-c2ccc(C)cc2)csc1NC(=O)CSc1cccc(NC(=O)Cc2ccc(Cl)cc2)c1. The second-order valence-corrected chi connectivity index (χ2v) is 11.0. The van der Waals surface area contributed by atoms with E-state index >= 15 is 0 Å². The summed E-state index contributed by atoms with van der Waals surface area (Å²) >= 11 is 8.53. The maximum absolute atomic E-state index is 12.8. The summed E-state index contributed by atoms with van der Waals surface area (Å²) in [4.78, 5) is 38.9. The van der Waals surface area contributed by atoms with E-state index in [1.54, 1.807) is 25.1 Å². The van der Waals surface area contributed by atoms with Crippen LogP contribution in [0, 0.1) is 6.92 Å². The van der Waals surface area contributed by atoms with Gasteiger partial charge >= 0.3 is 5.97 Å². The number of carbonyl (C=O) groups excluding carboxylic acids is 3. The van der Waals surface area contributed by atoms with E-state index in [4.69, 9.17) is 16.3 Å². The molecule has 9 heteroatoms. The van der Waals surface area contributed by atoms with Gasteiger partial charge in [-0.3, -0.25) is 9.59 Å². The Morgan fingerprint density at radius 2 is 1.69 bits per heavy atom. The summed E-state index contributed by atoms with van der Waals surface area (Å²) in [6.45, 7) is 3.98. The molecule has 2 N–H and O–H groups in total. The molecule has 2 amide bonds. The quantitative estimate of drug-likeness (QED) is 0.151. The molecule has 3 aromatic carbocycles. The number of thioether (sulfide) groups is 1.